The fourth-order valence-corrected chi connectivity index (χ4v) is 17.2. The molecule has 12 aromatic rings. The van der Waals surface area contributed by atoms with Crippen LogP contribution in [0.2, 0.25) is 0 Å². The molecule has 3 heterocycles. The fraction of sp³-hybridized carbons (Fsp3) is 0.302. The normalized spacial score (nSPS) is 16.4. The van der Waals surface area contributed by atoms with Gasteiger partial charge < -0.3 is 69.8 Å². The van der Waals surface area contributed by atoms with Crippen molar-refractivity contribution in [2.75, 3.05) is 79.9 Å². The summed E-state index contributed by atoms with van der Waals surface area (Å²) in [5.41, 5.74) is 24.5. The average Bonchev–Trinajstić information content (AvgIpc) is 1.78. The quantitative estimate of drug-likeness (QED) is 0.0104. The maximum absolute atomic E-state index is 12.3. The highest BCUT2D eigenvalue weighted by Crippen LogP contribution is 2.44. The lowest BCUT2D eigenvalue weighted by atomic mass is 9.79. The summed E-state index contributed by atoms with van der Waals surface area (Å²) >= 11 is 0. The van der Waals surface area contributed by atoms with Crippen molar-refractivity contribution in [2.45, 2.75) is 147 Å². The molecule has 4 aliphatic rings. The summed E-state index contributed by atoms with van der Waals surface area (Å²) in [4.78, 5) is 18.8. The summed E-state index contributed by atoms with van der Waals surface area (Å²) in [6.07, 6.45) is 13.9. The number of benzene rings is 12. The molecular formula is C116H129N3O12. The molecule has 15 nitrogen and oxygen atoms in total. The van der Waals surface area contributed by atoms with Gasteiger partial charge in [0.25, 0.3) is 0 Å². The van der Waals surface area contributed by atoms with Gasteiger partial charge in [-0.3, -0.25) is 0 Å². The van der Waals surface area contributed by atoms with E-state index in [1.807, 2.05) is 154 Å². The van der Waals surface area contributed by atoms with Crippen LogP contribution in [-0.4, -0.2) is 159 Å². The lowest BCUT2D eigenvalue weighted by molar-refractivity contribution is 0.00817. The highest BCUT2D eigenvalue weighted by atomic mass is 16.6. The van der Waals surface area contributed by atoms with Crippen LogP contribution >= 0.6 is 0 Å². The van der Waals surface area contributed by atoms with Gasteiger partial charge in [0, 0.05) is 70.6 Å². The molecule has 0 spiro atoms. The Morgan fingerprint density at radius 3 is 0.786 bits per heavy atom. The average molecular weight is 1760 g/mol. The topological polar surface area (TPSA) is 216 Å². The minimum Gasteiger partial charge on any atom is -0.508 e. The van der Waals surface area contributed by atoms with E-state index in [9.17, 15) is 45.6 Å². The zero-order chi connectivity index (χ0) is 91.9. The molecule has 3 saturated heterocycles. The molecule has 0 bridgehead atoms. The summed E-state index contributed by atoms with van der Waals surface area (Å²) in [5.74, 6) is 3.75. The number of aliphatic hydroxyl groups is 4. The first-order valence-electron chi connectivity index (χ1n) is 46.6. The molecule has 1 saturated carbocycles. The van der Waals surface area contributed by atoms with Crippen LogP contribution in [0.4, 0.5) is 4.79 Å². The first kappa shape index (κ1) is 96.0. The van der Waals surface area contributed by atoms with Gasteiger partial charge in [0.2, 0.25) is 0 Å². The third kappa shape index (κ3) is 28.0. The molecule has 12 aromatic carbocycles. The smallest absolute Gasteiger partial charge is 0.410 e. The van der Waals surface area contributed by atoms with Gasteiger partial charge in [-0.25, -0.2) is 4.79 Å². The Kier molecular flexibility index (Phi) is 35.4. The molecule has 680 valence electrons. The van der Waals surface area contributed by atoms with Crippen LogP contribution in [0.1, 0.15) is 207 Å². The van der Waals surface area contributed by atoms with Crippen LogP contribution in [0.15, 0.2) is 315 Å². The van der Waals surface area contributed by atoms with Crippen molar-refractivity contribution in [3.63, 3.8) is 0 Å². The number of likely N-dealkylation sites (N-methyl/N-ethyl adjacent to an activating group) is 2. The maximum atomic E-state index is 12.3. The van der Waals surface area contributed by atoms with Crippen molar-refractivity contribution >= 4 is 50.7 Å². The van der Waals surface area contributed by atoms with Crippen molar-refractivity contribution in [3.05, 3.63) is 393 Å². The molecule has 1 aliphatic carbocycles. The standard InChI is InChI=1S/C31H35NO4.2C29H33NO3.C27H28O2/c1-31(2,3)36-30(35)32-20-26(21-32)22-11-13-24(14-12-22)29(25-15-17-27(34)18-16-25)28(10-7-19-33)23-8-5-4-6-9-23;2*1-30-21-25(30)9-6-20-33-27-17-13-24(14-18-27)29(23-11-15-26(32)16-12-23)28(10-5-19-31)22-7-3-2-4-8-22;28-19-5-10-26(22-6-2-1-3-7-22)27(24-15-17-25(29)18-16-24)23-13-11-21(12-14-23)20-8-4-9-20/h4-6,8-9,11-18,26,33-34H,7,10,19-21H2,1-3H3;2*2-4,7-8,11-18,25,31-32H,5-6,9-10,19-21H2,1H3;1-3,6-7,11-18,20,28-29H,4-5,8-10,19H2/b29-28+;2*29-28-;27-26+/t;2*25-,30?;/m.10./s1. The van der Waals surface area contributed by atoms with Crippen LogP contribution in [-0.2, 0) is 4.74 Å². The van der Waals surface area contributed by atoms with Gasteiger partial charge >= 0.3 is 6.09 Å². The van der Waals surface area contributed by atoms with E-state index in [0.29, 0.717) is 44.7 Å². The van der Waals surface area contributed by atoms with Crippen LogP contribution in [0.5, 0.6) is 34.5 Å². The van der Waals surface area contributed by atoms with Crippen molar-refractivity contribution in [1.29, 1.82) is 0 Å². The highest BCUT2D eigenvalue weighted by molar-refractivity contribution is 6.02. The summed E-state index contributed by atoms with van der Waals surface area (Å²) < 4.78 is 17.4. The third-order valence-electron chi connectivity index (χ3n) is 24.8. The molecular weight excluding hydrogens is 1630 g/mol. The Labute approximate surface area is 774 Å². The van der Waals surface area contributed by atoms with Gasteiger partial charge in [0.05, 0.1) is 13.2 Å². The Morgan fingerprint density at radius 1 is 0.313 bits per heavy atom. The number of allylic oxidation sites excluding steroid dienone is 4. The number of phenols is 4. The number of likely N-dealkylation sites (tertiary alicyclic amines) is 1. The molecule has 131 heavy (non-hydrogen) atoms. The molecule has 0 aromatic heterocycles. The van der Waals surface area contributed by atoms with E-state index >= 15 is 0 Å². The number of amides is 1. The highest BCUT2D eigenvalue weighted by Gasteiger charge is 2.35. The number of nitrogens with zero attached hydrogens (tertiary/aromatic N) is 3. The van der Waals surface area contributed by atoms with Crippen LogP contribution < -0.4 is 9.47 Å². The SMILES string of the molecule is CC(C)(C)OC(=O)N1CC(c2ccc(/C(=C(/CCCO)c3ccccc3)c3ccc(O)cc3)cc2)C1.CN1C[C@@H]1CCCOc1ccc(/C(=C(/CCCO)c2ccccc2)c2ccc(O)cc2)cc1.CN1C[C@H]1CCCOc1ccc(/C(=C(/CCCO)c2ccccc2)c2ccc(O)cc2)cc1.OCCC/C(=C(\c1ccc(O)cc1)c1ccc(C2CCC2)cc1)c1ccccc1. The minimum atomic E-state index is -0.493. The van der Waals surface area contributed by atoms with Gasteiger partial charge in [-0.1, -0.05) is 249 Å². The van der Waals surface area contributed by atoms with Crippen LogP contribution in [0, 0.1) is 0 Å². The largest absolute Gasteiger partial charge is 0.508 e. The van der Waals surface area contributed by atoms with Crippen molar-refractivity contribution < 1.29 is 59.9 Å². The first-order valence-corrected chi connectivity index (χ1v) is 46.6. The summed E-state index contributed by atoms with van der Waals surface area (Å²) in [7, 11) is 4.32. The Bertz CT molecular complexity index is 5460. The lowest BCUT2D eigenvalue weighted by Gasteiger charge is -2.40. The predicted molar refractivity (Wildman–Crippen MR) is 532 cm³/mol. The molecule has 0 radical (unpaired) electrons. The number of ether oxygens (including phenoxy) is 3. The zero-order valence-corrected chi connectivity index (χ0v) is 76.6. The number of phenolic OH excluding ortho intramolecular Hbond substituents is 4. The van der Waals surface area contributed by atoms with Gasteiger partial charge in [-0.2, -0.15) is 0 Å². The van der Waals surface area contributed by atoms with Crippen molar-refractivity contribution in [3.8, 4) is 34.5 Å². The van der Waals surface area contributed by atoms with Crippen molar-refractivity contribution in [2.24, 2.45) is 0 Å². The molecule has 3 aliphatic heterocycles. The number of carbonyl (C=O) groups excluding carboxylic acids is 1. The number of hydrogen-bond donors (Lipinski definition) is 8. The van der Waals surface area contributed by atoms with Crippen LogP contribution in [0.3, 0.4) is 0 Å². The van der Waals surface area contributed by atoms with E-state index in [2.05, 4.69) is 157 Å². The fourth-order valence-electron chi connectivity index (χ4n) is 17.2. The predicted octanol–water partition coefficient (Wildman–Crippen LogP) is 24.0. The Hall–Kier alpha value is -12.6. The molecule has 4 atom stereocenters. The summed E-state index contributed by atoms with van der Waals surface area (Å²) in [5, 5.41) is 77.5. The Balaban J connectivity index is 0.000000149. The molecule has 4 fully saturated rings. The number of aromatic hydroxyl groups is 4. The number of carbonyl (C=O) groups is 1. The van der Waals surface area contributed by atoms with Gasteiger partial charge in [0.15, 0.2) is 0 Å². The van der Waals surface area contributed by atoms with E-state index < -0.39 is 5.60 Å². The second kappa shape index (κ2) is 48.4. The Morgan fingerprint density at radius 2 is 0.557 bits per heavy atom. The number of hydrogen-bond acceptors (Lipinski definition) is 14. The van der Waals surface area contributed by atoms with Gasteiger partial charge in [0.1, 0.15) is 40.1 Å². The van der Waals surface area contributed by atoms with E-state index in [0.717, 1.165) is 153 Å². The second-order valence-corrected chi connectivity index (χ2v) is 35.5. The second-order valence-electron chi connectivity index (χ2n) is 35.5. The van der Waals surface area contributed by atoms with Crippen LogP contribution in [0.25, 0.3) is 44.6 Å². The maximum Gasteiger partial charge on any atom is 0.410 e. The minimum absolute atomic E-state index is 0.119. The lowest BCUT2D eigenvalue weighted by Crippen LogP contribution is -2.50. The van der Waals surface area contributed by atoms with E-state index in [-0.39, 0.29) is 61.4 Å². The van der Waals surface area contributed by atoms with Gasteiger partial charge in [-0.15, -0.1) is 0 Å². The van der Waals surface area contributed by atoms with Crippen molar-refractivity contribution in [1.82, 2.24) is 14.7 Å². The molecule has 15 heteroatoms. The molecule has 16 rings (SSSR count). The third-order valence-corrected chi connectivity index (χ3v) is 24.8. The molecule has 1 amide bonds. The number of aliphatic hydroxyl groups excluding tert-OH is 4. The van der Waals surface area contributed by atoms with Gasteiger partial charge in [-0.05, 0) is 326 Å². The monoisotopic (exact) mass is 1760 g/mol. The summed E-state index contributed by atoms with van der Waals surface area (Å²) in [6, 6.07) is 106. The molecule has 8 N–H and O–H groups in total. The summed E-state index contributed by atoms with van der Waals surface area (Å²) in [6.45, 7) is 11.4. The van der Waals surface area contributed by atoms with E-state index in [1.54, 1.807) is 53.4 Å². The first-order chi connectivity index (χ1) is 63.8. The number of rotatable bonds is 36. The zero-order valence-electron chi connectivity index (χ0n) is 76.6. The van der Waals surface area contributed by atoms with E-state index in [4.69, 9.17) is 14.2 Å². The molecule has 2 unspecified atom stereocenters. The van der Waals surface area contributed by atoms with E-state index in [1.165, 1.54) is 89.7 Å².